The van der Waals surface area contributed by atoms with Crippen LogP contribution in [0, 0.1) is 12.8 Å². The molecule has 5 atom stereocenters. The Kier molecular flexibility index (Phi) is 9.70. The fourth-order valence-corrected chi connectivity index (χ4v) is 9.54. The second-order valence-corrected chi connectivity index (χ2v) is 18.6. The number of allylic oxidation sites excluding steroid dienone is 1. The maximum absolute atomic E-state index is 14.6. The number of amides is 4. The van der Waals surface area contributed by atoms with Crippen molar-refractivity contribution in [2.24, 2.45) is 5.92 Å². The van der Waals surface area contributed by atoms with Crippen LogP contribution < -0.4 is 20.1 Å². The second-order valence-electron chi connectivity index (χ2n) is 16.0. The lowest BCUT2D eigenvalue weighted by molar-refractivity contribution is -0.141. The Morgan fingerprint density at radius 1 is 1.13 bits per heavy atom. The van der Waals surface area contributed by atoms with Crippen LogP contribution in [0.15, 0.2) is 30.4 Å². The van der Waals surface area contributed by atoms with Crippen LogP contribution in [0.2, 0.25) is 5.02 Å². The van der Waals surface area contributed by atoms with Gasteiger partial charge in [-0.3, -0.25) is 19.1 Å². The molecule has 2 aromatic rings. The molecular formula is C38H48ClN5O8S. The summed E-state index contributed by atoms with van der Waals surface area (Å²) in [6.07, 6.45) is 8.24. The van der Waals surface area contributed by atoms with Crippen molar-refractivity contribution in [3.63, 3.8) is 0 Å². The summed E-state index contributed by atoms with van der Waals surface area (Å²) in [4.78, 5) is 62.2. The van der Waals surface area contributed by atoms with Crippen LogP contribution in [0.1, 0.15) is 96.2 Å². The van der Waals surface area contributed by atoms with Crippen molar-refractivity contribution < 1.29 is 37.1 Å². The Morgan fingerprint density at radius 2 is 1.91 bits per heavy atom. The monoisotopic (exact) mass is 769 g/mol. The Morgan fingerprint density at radius 3 is 2.64 bits per heavy atom. The smallest absolute Gasteiger partial charge is 0.408 e. The first-order valence-corrected chi connectivity index (χ1v) is 20.5. The molecule has 1 spiro atoms. The molecule has 0 unspecified atom stereocenters. The van der Waals surface area contributed by atoms with E-state index in [0.29, 0.717) is 61.4 Å². The minimum absolute atomic E-state index is 0.0497. The topological polar surface area (TPSA) is 173 Å². The van der Waals surface area contributed by atoms with Crippen LogP contribution in [-0.4, -0.2) is 82.7 Å². The first kappa shape index (κ1) is 37.4. The summed E-state index contributed by atoms with van der Waals surface area (Å²) in [7, 11) is -3.98. The molecule has 53 heavy (non-hydrogen) atoms. The van der Waals surface area contributed by atoms with Gasteiger partial charge in [-0.1, -0.05) is 42.7 Å². The van der Waals surface area contributed by atoms with Gasteiger partial charge in [0.2, 0.25) is 21.8 Å². The highest BCUT2D eigenvalue weighted by Gasteiger charge is 2.64. The summed E-state index contributed by atoms with van der Waals surface area (Å²) >= 11 is 6.27. The third-order valence-corrected chi connectivity index (χ3v) is 14.0. The second kappa shape index (κ2) is 13.7. The zero-order valence-electron chi connectivity index (χ0n) is 30.6. The molecule has 5 aliphatic rings. The Balaban J connectivity index is 1.23. The summed E-state index contributed by atoms with van der Waals surface area (Å²) in [5.74, 6) is -1.66. The van der Waals surface area contributed by atoms with E-state index >= 15 is 0 Å². The third-order valence-electron chi connectivity index (χ3n) is 11.6. The van der Waals surface area contributed by atoms with Gasteiger partial charge < -0.3 is 25.0 Å². The van der Waals surface area contributed by atoms with E-state index in [2.05, 4.69) is 15.4 Å². The normalized spacial score (nSPS) is 30.2. The minimum Gasteiger partial charge on any atom is -0.483 e. The van der Waals surface area contributed by atoms with E-state index in [1.54, 1.807) is 26.8 Å². The van der Waals surface area contributed by atoms with Crippen LogP contribution in [-0.2, 0) is 35.6 Å². The predicted molar refractivity (Wildman–Crippen MR) is 198 cm³/mol. The molecule has 1 aromatic carbocycles. The number of carbonyl (C=O) groups is 4. The summed E-state index contributed by atoms with van der Waals surface area (Å²) in [6.45, 7) is 6.93. The van der Waals surface area contributed by atoms with Crippen LogP contribution in [0.4, 0.5) is 4.79 Å². The molecule has 1 aromatic heterocycles. The maximum Gasteiger partial charge on any atom is 0.408 e. The molecule has 3 N–H and O–H groups in total. The van der Waals surface area contributed by atoms with Crippen LogP contribution in [0.5, 0.6) is 5.75 Å². The molecule has 3 fully saturated rings. The Bertz CT molecular complexity index is 2000. The Hall–Kier alpha value is -3.91. The van der Waals surface area contributed by atoms with Gasteiger partial charge in [-0.05, 0) is 91.2 Å². The van der Waals surface area contributed by atoms with E-state index in [1.165, 1.54) is 4.90 Å². The number of alkyl carbamates (subject to hydrolysis) is 1. The van der Waals surface area contributed by atoms with E-state index < -0.39 is 73.8 Å². The van der Waals surface area contributed by atoms with Crippen LogP contribution in [0.3, 0.4) is 0 Å². The maximum atomic E-state index is 14.6. The molecule has 2 aliphatic carbocycles. The van der Waals surface area contributed by atoms with Gasteiger partial charge in [-0.2, -0.15) is 0 Å². The van der Waals surface area contributed by atoms with Crippen molar-refractivity contribution in [1.29, 1.82) is 0 Å². The van der Waals surface area contributed by atoms with Crippen molar-refractivity contribution in [2.75, 3.05) is 6.54 Å². The highest BCUT2D eigenvalue weighted by Crippen LogP contribution is 2.49. The van der Waals surface area contributed by atoms with Gasteiger partial charge in [-0.25, -0.2) is 18.2 Å². The van der Waals surface area contributed by atoms with Gasteiger partial charge >= 0.3 is 6.09 Å². The highest BCUT2D eigenvalue weighted by atomic mass is 35.5. The number of nitrogens with zero attached hydrogens (tertiary/aromatic N) is 2. The number of ether oxygens (including phenoxy) is 2. The van der Waals surface area contributed by atoms with E-state index in [-0.39, 0.29) is 19.4 Å². The number of aromatic nitrogens is 1. The fourth-order valence-electron chi connectivity index (χ4n) is 8.06. The molecule has 286 valence electrons. The summed E-state index contributed by atoms with van der Waals surface area (Å²) in [5.41, 5.74) is -0.110. The molecule has 4 amide bonds. The number of hydrogen-bond donors (Lipinski definition) is 3. The summed E-state index contributed by atoms with van der Waals surface area (Å²) < 4.78 is 39.8. The van der Waals surface area contributed by atoms with Crippen molar-refractivity contribution >= 4 is 56.3 Å². The number of hydrogen-bond acceptors (Lipinski definition) is 9. The van der Waals surface area contributed by atoms with E-state index in [4.69, 9.17) is 26.1 Å². The van der Waals surface area contributed by atoms with Crippen molar-refractivity contribution in [2.45, 2.75) is 132 Å². The van der Waals surface area contributed by atoms with E-state index in [1.807, 2.05) is 31.2 Å². The molecule has 0 bridgehead atoms. The number of sulfonamides is 1. The lowest BCUT2D eigenvalue weighted by atomic mass is 9.87. The van der Waals surface area contributed by atoms with Crippen molar-refractivity contribution in [3.05, 3.63) is 46.6 Å². The Labute approximate surface area is 315 Å². The van der Waals surface area contributed by atoms with Crippen LogP contribution >= 0.6 is 11.6 Å². The lowest BCUT2D eigenvalue weighted by Crippen LogP contribution is -2.58. The van der Waals surface area contributed by atoms with Gasteiger partial charge in [0.1, 0.15) is 29.0 Å². The zero-order valence-corrected chi connectivity index (χ0v) is 32.2. The molecule has 0 radical (unpaired) electrons. The van der Waals surface area contributed by atoms with Gasteiger partial charge in [0.05, 0.1) is 28.6 Å². The number of aryl methyl sites for hydroxylation is 2. The van der Waals surface area contributed by atoms with Gasteiger partial charge in [0.15, 0.2) is 0 Å². The van der Waals surface area contributed by atoms with E-state index in [0.717, 1.165) is 29.3 Å². The number of nitrogens with one attached hydrogen (secondary N) is 3. The predicted octanol–water partition coefficient (Wildman–Crippen LogP) is 4.76. The minimum atomic E-state index is -3.98. The van der Waals surface area contributed by atoms with Crippen molar-refractivity contribution in [1.82, 2.24) is 25.2 Å². The number of benzene rings is 1. The molecule has 1 saturated heterocycles. The quantitative estimate of drug-likeness (QED) is 0.363. The first-order valence-electron chi connectivity index (χ1n) is 18.7. The largest absolute Gasteiger partial charge is 0.483 e. The van der Waals surface area contributed by atoms with Gasteiger partial charge in [-0.15, -0.1) is 0 Å². The molecule has 15 heteroatoms. The first-order chi connectivity index (χ1) is 25.1. The SMILES string of the molecule is Cc1nc2cc(Cl)ccc2c2c1O[C@]1(CC2)C[C@H]2C(=O)N[C@]3(C(=O)NS(=O)(=O)C4(C)CC4)C[C@H]3/C=C\CCCCC[C@H](NC(=O)OC(C)C)C(=O)N2C1. The summed E-state index contributed by atoms with van der Waals surface area (Å²) in [5, 5.41) is 7.18. The standard InChI is InChI=1S/C38H48ClN5O8S/c1-22(2)51-35(48)41-28-11-9-7-5-6-8-10-24-19-38(24,34(47)43-53(49,50)36(4)16-17-36)42-32(45)30-20-37(21-44(30)33(28)46)15-14-27-26-13-12-25(39)18-29(26)40-23(3)31(27)52-37/h8,10,12-13,18,22,24,28,30H,5-7,9,11,14-17,19-21H2,1-4H3,(H,41,48)(H,42,45)(H,43,47)/b10-8-/t24-,28+,30+,37-,38-/m1/s1. The third kappa shape index (κ3) is 7.20. The number of pyridine rings is 1. The van der Waals surface area contributed by atoms with Crippen LogP contribution in [0.25, 0.3) is 10.9 Å². The number of halogens is 1. The highest BCUT2D eigenvalue weighted by molar-refractivity contribution is 7.91. The lowest BCUT2D eigenvalue weighted by Gasteiger charge is -2.36. The number of fused-ring (bicyclic) bond motifs is 5. The summed E-state index contributed by atoms with van der Waals surface area (Å²) in [6, 6.07) is 3.47. The molecule has 13 nitrogen and oxygen atoms in total. The fraction of sp³-hybridized carbons (Fsp3) is 0.605. The molecule has 4 heterocycles. The van der Waals surface area contributed by atoms with Gasteiger partial charge in [0.25, 0.3) is 5.91 Å². The average molecular weight is 770 g/mol. The molecule has 7 rings (SSSR count). The number of carbonyl (C=O) groups excluding carboxylic acids is 4. The van der Waals surface area contributed by atoms with Crippen molar-refractivity contribution in [3.8, 4) is 5.75 Å². The van der Waals surface area contributed by atoms with Gasteiger partial charge in [0, 0.05) is 28.3 Å². The molecule has 2 saturated carbocycles. The average Bonchev–Trinajstić information content (AvgIpc) is 3.98. The molecule has 3 aliphatic heterocycles. The van der Waals surface area contributed by atoms with E-state index in [9.17, 15) is 27.6 Å². The zero-order chi connectivity index (χ0) is 37.9. The number of rotatable bonds is 5. The molecular weight excluding hydrogens is 722 g/mol.